The average Bonchev–Trinajstić information content (AvgIpc) is 2.08. The number of hydrogen-bond acceptors (Lipinski definition) is 2. The molecular formula is C11H20N2O. The average molecular weight is 196 g/mol. The molecule has 0 aromatic rings. The molecule has 0 bridgehead atoms. The molecule has 0 spiro atoms. The van der Waals surface area contributed by atoms with Crippen molar-refractivity contribution in [1.29, 1.82) is 0 Å². The molecule has 0 aromatic heterocycles. The fraction of sp³-hybridized carbons (Fsp3) is 0.727. The molecule has 0 atom stereocenters. The lowest BCUT2D eigenvalue weighted by Crippen LogP contribution is -2.42. The number of carbonyl (C=O) groups is 1. The summed E-state index contributed by atoms with van der Waals surface area (Å²) < 4.78 is 0. The molecule has 0 radical (unpaired) electrons. The summed E-state index contributed by atoms with van der Waals surface area (Å²) in [5.74, 6) is 0.109. The molecule has 3 nitrogen and oxygen atoms in total. The first-order chi connectivity index (χ1) is 6.58. The van der Waals surface area contributed by atoms with E-state index in [9.17, 15) is 4.79 Å². The Bertz CT molecular complexity index is 226. The molecule has 0 unspecified atom stereocenters. The van der Waals surface area contributed by atoms with Crippen molar-refractivity contribution < 1.29 is 4.79 Å². The summed E-state index contributed by atoms with van der Waals surface area (Å²) >= 11 is 0. The van der Waals surface area contributed by atoms with Gasteiger partial charge in [0.15, 0.2) is 0 Å². The molecule has 14 heavy (non-hydrogen) atoms. The first kappa shape index (κ1) is 11.2. The monoisotopic (exact) mass is 196 g/mol. The molecule has 1 aliphatic rings. The number of nitrogens with two attached hydrogens (primary N) is 1. The normalized spacial score (nSPS) is 18.4. The van der Waals surface area contributed by atoms with E-state index < -0.39 is 0 Å². The summed E-state index contributed by atoms with van der Waals surface area (Å²) in [6, 6.07) is 0. The van der Waals surface area contributed by atoms with Crippen molar-refractivity contribution in [1.82, 2.24) is 5.32 Å². The van der Waals surface area contributed by atoms with Crippen LogP contribution in [0.15, 0.2) is 12.2 Å². The van der Waals surface area contributed by atoms with Gasteiger partial charge in [0.25, 0.3) is 0 Å². The molecule has 1 aliphatic carbocycles. The van der Waals surface area contributed by atoms with Crippen molar-refractivity contribution in [2.24, 2.45) is 11.1 Å². The van der Waals surface area contributed by atoms with Crippen LogP contribution in [0.4, 0.5) is 0 Å². The van der Waals surface area contributed by atoms with Crippen LogP contribution in [0, 0.1) is 5.41 Å². The van der Waals surface area contributed by atoms with Gasteiger partial charge in [0.1, 0.15) is 0 Å². The van der Waals surface area contributed by atoms with Crippen LogP contribution in [0.1, 0.15) is 32.6 Å². The van der Waals surface area contributed by atoms with Crippen LogP contribution in [0.2, 0.25) is 0 Å². The lowest BCUT2D eigenvalue weighted by Gasteiger charge is -2.40. The topological polar surface area (TPSA) is 55.1 Å². The van der Waals surface area contributed by atoms with Crippen LogP contribution in [-0.2, 0) is 4.79 Å². The second-order valence-corrected chi connectivity index (χ2v) is 4.47. The Labute approximate surface area is 85.7 Å². The molecule has 1 fully saturated rings. The van der Waals surface area contributed by atoms with Crippen molar-refractivity contribution in [3.63, 3.8) is 0 Å². The molecule has 1 amide bonds. The maximum Gasteiger partial charge on any atom is 0.220 e. The summed E-state index contributed by atoms with van der Waals surface area (Å²) in [5.41, 5.74) is 6.77. The Balaban J connectivity index is 2.28. The quantitative estimate of drug-likeness (QED) is 0.649. The molecule has 3 heteroatoms. The predicted octanol–water partition coefficient (Wildman–Crippen LogP) is 1.20. The summed E-state index contributed by atoms with van der Waals surface area (Å²) in [6.45, 7) is 6.86. The van der Waals surface area contributed by atoms with Crippen LogP contribution < -0.4 is 11.1 Å². The lowest BCUT2D eigenvalue weighted by atomic mass is 9.66. The van der Waals surface area contributed by atoms with Gasteiger partial charge >= 0.3 is 0 Å². The van der Waals surface area contributed by atoms with Crippen LogP contribution in [0.5, 0.6) is 0 Å². The third-order valence-electron chi connectivity index (χ3n) is 2.97. The van der Waals surface area contributed by atoms with E-state index >= 15 is 0 Å². The van der Waals surface area contributed by atoms with Crippen LogP contribution in [-0.4, -0.2) is 19.0 Å². The second kappa shape index (κ2) is 4.60. The highest BCUT2D eigenvalue weighted by Gasteiger charge is 2.37. The highest BCUT2D eigenvalue weighted by atomic mass is 16.1. The summed E-state index contributed by atoms with van der Waals surface area (Å²) in [4.78, 5) is 11.5. The SMILES string of the molecule is C=C(C)CNC(=O)CC1(CN)CCC1. The molecular weight excluding hydrogens is 176 g/mol. The Kier molecular flexibility index (Phi) is 3.69. The van der Waals surface area contributed by atoms with Crippen molar-refractivity contribution in [3.8, 4) is 0 Å². The molecule has 0 aromatic carbocycles. The third-order valence-corrected chi connectivity index (χ3v) is 2.97. The smallest absolute Gasteiger partial charge is 0.220 e. The lowest BCUT2D eigenvalue weighted by molar-refractivity contribution is -0.124. The number of carbonyl (C=O) groups excluding carboxylic acids is 1. The Morgan fingerprint density at radius 3 is 2.57 bits per heavy atom. The van der Waals surface area contributed by atoms with Gasteiger partial charge < -0.3 is 11.1 Å². The Morgan fingerprint density at radius 1 is 1.57 bits per heavy atom. The van der Waals surface area contributed by atoms with E-state index in [1.165, 1.54) is 6.42 Å². The summed E-state index contributed by atoms with van der Waals surface area (Å²) in [7, 11) is 0. The molecule has 0 aliphatic heterocycles. The van der Waals surface area contributed by atoms with Gasteiger partial charge in [-0.2, -0.15) is 0 Å². The molecule has 1 rings (SSSR count). The minimum atomic E-state index is 0.109. The van der Waals surface area contributed by atoms with E-state index in [1.54, 1.807) is 0 Å². The third kappa shape index (κ3) is 2.84. The van der Waals surface area contributed by atoms with Gasteiger partial charge in [-0.3, -0.25) is 4.79 Å². The van der Waals surface area contributed by atoms with Gasteiger partial charge in [-0.25, -0.2) is 0 Å². The van der Waals surface area contributed by atoms with E-state index in [-0.39, 0.29) is 11.3 Å². The zero-order valence-corrected chi connectivity index (χ0v) is 8.94. The molecule has 0 heterocycles. The Morgan fingerprint density at radius 2 is 2.21 bits per heavy atom. The summed E-state index contributed by atoms with van der Waals surface area (Å²) in [6.07, 6.45) is 4.00. The van der Waals surface area contributed by atoms with E-state index in [0.29, 0.717) is 19.5 Å². The highest BCUT2D eigenvalue weighted by molar-refractivity contribution is 5.77. The molecule has 0 saturated heterocycles. The zero-order valence-electron chi connectivity index (χ0n) is 8.94. The van der Waals surface area contributed by atoms with E-state index in [2.05, 4.69) is 11.9 Å². The van der Waals surface area contributed by atoms with E-state index in [4.69, 9.17) is 5.73 Å². The van der Waals surface area contributed by atoms with Gasteiger partial charge in [0, 0.05) is 13.0 Å². The van der Waals surface area contributed by atoms with Gasteiger partial charge in [0.2, 0.25) is 5.91 Å². The zero-order chi connectivity index (χ0) is 10.6. The number of hydrogen-bond donors (Lipinski definition) is 2. The fourth-order valence-electron chi connectivity index (χ4n) is 1.78. The minimum absolute atomic E-state index is 0.109. The maximum absolute atomic E-state index is 11.5. The van der Waals surface area contributed by atoms with Gasteiger partial charge in [-0.15, -0.1) is 0 Å². The maximum atomic E-state index is 11.5. The first-order valence-electron chi connectivity index (χ1n) is 5.19. The van der Waals surface area contributed by atoms with Gasteiger partial charge in [-0.05, 0) is 31.7 Å². The van der Waals surface area contributed by atoms with Crippen LogP contribution >= 0.6 is 0 Å². The van der Waals surface area contributed by atoms with Crippen molar-refractivity contribution in [2.75, 3.05) is 13.1 Å². The van der Waals surface area contributed by atoms with E-state index in [0.717, 1.165) is 18.4 Å². The number of amides is 1. The standard InChI is InChI=1S/C11H20N2O/c1-9(2)7-13-10(14)6-11(8-12)4-3-5-11/h1,3-8,12H2,2H3,(H,13,14). The van der Waals surface area contributed by atoms with Crippen molar-refractivity contribution in [2.45, 2.75) is 32.6 Å². The molecule has 80 valence electrons. The van der Waals surface area contributed by atoms with E-state index in [1.807, 2.05) is 6.92 Å². The van der Waals surface area contributed by atoms with Crippen LogP contribution in [0.25, 0.3) is 0 Å². The Hall–Kier alpha value is -0.830. The van der Waals surface area contributed by atoms with Gasteiger partial charge in [-0.1, -0.05) is 18.6 Å². The van der Waals surface area contributed by atoms with Crippen molar-refractivity contribution in [3.05, 3.63) is 12.2 Å². The van der Waals surface area contributed by atoms with Gasteiger partial charge in [0.05, 0.1) is 0 Å². The summed E-state index contributed by atoms with van der Waals surface area (Å²) in [5, 5.41) is 2.85. The van der Waals surface area contributed by atoms with Crippen molar-refractivity contribution >= 4 is 5.91 Å². The predicted molar refractivity (Wildman–Crippen MR) is 57.8 cm³/mol. The molecule has 3 N–H and O–H groups in total. The fourth-order valence-corrected chi connectivity index (χ4v) is 1.78. The number of nitrogens with one attached hydrogen (secondary N) is 1. The first-order valence-corrected chi connectivity index (χ1v) is 5.19. The number of rotatable bonds is 5. The highest BCUT2D eigenvalue weighted by Crippen LogP contribution is 2.42. The molecule has 1 saturated carbocycles. The minimum Gasteiger partial charge on any atom is -0.352 e. The second-order valence-electron chi connectivity index (χ2n) is 4.47. The van der Waals surface area contributed by atoms with Crippen LogP contribution in [0.3, 0.4) is 0 Å². The largest absolute Gasteiger partial charge is 0.352 e.